The number of hydrogen-bond donors (Lipinski definition) is 2. The van der Waals surface area contributed by atoms with E-state index in [0.717, 1.165) is 6.07 Å². The van der Waals surface area contributed by atoms with Gasteiger partial charge in [-0.25, -0.2) is 17.9 Å². The SMILES string of the molecule is COCCNS(=O)(=O)c1cc(C(=O)O)cc(-c2cccc(OC)c2)c1. The Morgan fingerprint density at radius 2 is 1.88 bits per heavy atom. The van der Waals surface area contributed by atoms with Crippen LogP contribution in [0.1, 0.15) is 10.4 Å². The lowest BCUT2D eigenvalue weighted by atomic mass is 10.0. The van der Waals surface area contributed by atoms with E-state index < -0.39 is 16.0 Å². The van der Waals surface area contributed by atoms with Gasteiger partial charge in [0.2, 0.25) is 10.0 Å². The molecule has 0 fully saturated rings. The minimum absolute atomic E-state index is 0.0879. The largest absolute Gasteiger partial charge is 0.497 e. The number of sulfonamides is 1. The number of aromatic carboxylic acids is 1. The zero-order valence-electron chi connectivity index (χ0n) is 13.9. The van der Waals surface area contributed by atoms with Gasteiger partial charge in [-0.2, -0.15) is 0 Å². The van der Waals surface area contributed by atoms with E-state index in [1.807, 2.05) is 0 Å². The Kier molecular flexibility index (Phi) is 6.13. The van der Waals surface area contributed by atoms with E-state index in [2.05, 4.69) is 4.72 Å². The molecule has 0 unspecified atom stereocenters. The van der Waals surface area contributed by atoms with Gasteiger partial charge in [0.25, 0.3) is 0 Å². The van der Waals surface area contributed by atoms with Crippen molar-refractivity contribution in [3.63, 3.8) is 0 Å². The Morgan fingerprint density at radius 1 is 1.12 bits per heavy atom. The van der Waals surface area contributed by atoms with Crippen LogP contribution >= 0.6 is 0 Å². The number of nitrogens with one attached hydrogen (secondary N) is 1. The van der Waals surface area contributed by atoms with Crippen molar-refractivity contribution < 1.29 is 27.8 Å². The topological polar surface area (TPSA) is 102 Å². The van der Waals surface area contributed by atoms with Crippen molar-refractivity contribution in [3.05, 3.63) is 48.0 Å². The molecule has 0 aromatic heterocycles. The van der Waals surface area contributed by atoms with Crippen molar-refractivity contribution >= 4 is 16.0 Å². The summed E-state index contributed by atoms with van der Waals surface area (Å²) in [5, 5.41) is 9.30. The average molecular weight is 365 g/mol. The zero-order chi connectivity index (χ0) is 18.4. The van der Waals surface area contributed by atoms with Gasteiger partial charge in [0.1, 0.15) is 5.75 Å². The van der Waals surface area contributed by atoms with Crippen LogP contribution in [-0.4, -0.2) is 46.9 Å². The number of benzene rings is 2. The molecular weight excluding hydrogens is 346 g/mol. The smallest absolute Gasteiger partial charge is 0.335 e. The van der Waals surface area contributed by atoms with E-state index in [1.165, 1.54) is 26.4 Å². The van der Waals surface area contributed by atoms with Gasteiger partial charge in [0.15, 0.2) is 0 Å². The molecule has 2 rings (SSSR count). The van der Waals surface area contributed by atoms with Gasteiger partial charge < -0.3 is 14.6 Å². The molecule has 0 bridgehead atoms. The van der Waals surface area contributed by atoms with Crippen LogP contribution < -0.4 is 9.46 Å². The molecule has 0 saturated carbocycles. The molecule has 134 valence electrons. The molecule has 0 aliphatic heterocycles. The molecule has 7 nitrogen and oxygen atoms in total. The van der Waals surface area contributed by atoms with Crippen molar-refractivity contribution in [2.45, 2.75) is 4.90 Å². The summed E-state index contributed by atoms with van der Waals surface area (Å²) >= 11 is 0. The van der Waals surface area contributed by atoms with Crippen LogP contribution in [0.25, 0.3) is 11.1 Å². The van der Waals surface area contributed by atoms with Gasteiger partial charge in [-0.15, -0.1) is 0 Å². The molecule has 2 aromatic carbocycles. The molecule has 2 aromatic rings. The highest BCUT2D eigenvalue weighted by atomic mass is 32.2. The predicted octanol–water partition coefficient (Wildman–Crippen LogP) is 1.99. The van der Waals surface area contributed by atoms with Crippen LogP contribution in [0.3, 0.4) is 0 Å². The second kappa shape index (κ2) is 8.11. The van der Waals surface area contributed by atoms with E-state index >= 15 is 0 Å². The lowest BCUT2D eigenvalue weighted by Gasteiger charge is -2.11. The number of ether oxygens (including phenoxy) is 2. The van der Waals surface area contributed by atoms with Crippen LogP contribution in [0.2, 0.25) is 0 Å². The summed E-state index contributed by atoms with van der Waals surface area (Å²) in [6.45, 7) is 0.297. The number of hydrogen-bond acceptors (Lipinski definition) is 5. The van der Waals surface area contributed by atoms with Crippen LogP contribution in [0.5, 0.6) is 5.75 Å². The summed E-state index contributed by atoms with van der Waals surface area (Å²) in [5.74, 6) is -0.626. The number of carboxylic acid groups (broad SMARTS) is 1. The summed E-state index contributed by atoms with van der Waals surface area (Å²) in [5.41, 5.74) is 0.995. The Labute approximate surface area is 146 Å². The molecule has 0 aliphatic carbocycles. The molecule has 8 heteroatoms. The van der Waals surface area contributed by atoms with E-state index in [1.54, 1.807) is 24.3 Å². The maximum Gasteiger partial charge on any atom is 0.335 e. The van der Waals surface area contributed by atoms with E-state index in [0.29, 0.717) is 16.9 Å². The molecule has 0 saturated heterocycles. The Balaban J connectivity index is 2.51. The molecule has 0 heterocycles. The maximum absolute atomic E-state index is 12.4. The predicted molar refractivity (Wildman–Crippen MR) is 92.5 cm³/mol. The highest BCUT2D eigenvalue weighted by Crippen LogP contribution is 2.27. The fourth-order valence-electron chi connectivity index (χ4n) is 2.21. The lowest BCUT2D eigenvalue weighted by molar-refractivity contribution is 0.0696. The first-order valence-electron chi connectivity index (χ1n) is 7.39. The summed E-state index contributed by atoms with van der Waals surface area (Å²) in [4.78, 5) is 11.3. The molecule has 0 amide bonds. The monoisotopic (exact) mass is 365 g/mol. The van der Waals surface area contributed by atoms with Gasteiger partial charge in [0.05, 0.1) is 24.2 Å². The van der Waals surface area contributed by atoms with E-state index in [9.17, 15) is 18.3 Å². The van der Waals surface area contributed by atoms with Crippen molar-refractivity contribution in [2.75, 3.05) is 27.4 Å². The number of rotatable bonds is 8. The van der Waals surface area contributed by atoms with Crippen molar-refractivity contribution in [1.82, 2.24) is 4.72 Å². The molecule has 0 atom stereocenters. The first-order valence-corrected chi connectivity index (χ1v) is 8.87. The highest BCUT2D eigenvalue weighted by Gasteiger charge is 2.18. The van der Waals surface area contributed by atoms with Crippen LogP contribution in [0.15, 0.2) is 47.4 Å². The molecule has 0 aliphatic rings. The van der Waals surface area contributed by atoms with E-state index in [4.69, 9.17) is 9.47 Å². The van der Waals surface area contributed by atoms with E-state index in [-0.39, 0.29) is 23.6 Å². The average Bonchev–Trinajstić information content (AvgIpc) is 2.61. The maximum atomic E-state index is 12.4. The number of methoxy groups -OCH3 is 2. The zero-order valence-corrected chi connectivity index (χ0v) is 14.7. The Bertz CT molecular complexity index is 863. The van der Waals surface area contributed by atoms with Gasteiger partial charge in [0, 0.05) is 13.7 Å². The Morgan fingerprint density at radius 3 is 2.52 bits per heavy atom. The summed E-state index contributed by atoms with van der Waals surface area (Å²) < 4.78 is 37.2. The summed E-state index contributed by atoms with van der Waals surface area (Å²) in [6.07, 6.45) is 0. The quantitative estimate of drug-likeness (QED) is 0.694. The third-order valence-corrected chi connectivity index (χ3v) is 4.91. The second-order valence-corrected chi connectivity index (χ2v) is 6.94. The van der Waals surface area contributed by atoms with Gasteiger partial charge >= 0.3 is 5.97 Å². The van der Waals surface area contributed by atoms with Crippen LogP contribution in [0, 0.1) is 0 Å². The third-order valence-electron chi connectivity index (χ3n) is 3.47. The minimum atomic E-state index is -3.86. The van der Waals surface area contributed by atoms with Gasteiger partial charge in [-0.1, -0.05) is 12.1 Å². The third kappa shape index (κ3) is 4.79. The first-order chi connectivity index (χ1) is 11.9. The molecule has 0 spiro atoms. The summed E-state index contributed by atoms with van der Waals surface area (Å²) in [7, 11) is -0.884. The van der Waals surface area contributed by atoms with Crippen LogP contribution in [0.4, 0.5) is 0 Å². The first kappa shape index (κ1) is 18.9. The standard InChI is InChI=1S/C17H19NO6S/c1-23-7-6-18-25(21,22)16-10-13(8-14(11-16)17(19)20)12-4-3-5-15(9-12)24-2/h3-5,8-11,18H,6-7H2,1-2H3,(H,19,20). The Hall–Kier alpha value is -2.42. The lowest BCUT2D eigenvalue weighted by Crippen LogP contribution is -2.27. The number of carbonyl (C=O) groups is 1. The van der Waals surface area contributed by atoms with Crippen LogP contribution in [-0.2, 0) is 14.8 Å². The normalized spacial score (nSPS) is 11.3. The minimum Gasteiger partial charge on any atom is -0.497 e. The fourth-order valence-corrected chi connectivity index (χ4v) is 3.29. The highest BCUT2D eigenvalue weighted by molar-refractivity contribution is 7.89. The van der Waals surface area contributed by atoms with Gasteiger partial charge in [-0.3, -0.25) is 0 Å². The fraction of sp³-hybridized carbons (Fsp3) is 0.235. The van der Waals surface area contributed by atoms with Crippen molar-refractivity contribution in [2.24, 2.45) is 0 Å². The molecule has 2 N–H and O–H groups in total. The van der Waals surface area contributed by atoms with Crippen molar-refractivity contribution in [3.8, 4) is 16.9 Å². The number of carboxylic acids is 1. The van der Waals surface area contributed by atoms with Crippen molar-refractivity contribution in [1.29, 1.82) is 0 Å². The molecular formula is C17H19NO6S. The van der Waals surface area contributed by atoms with Gasteiger partial charge in [-0.05, 0) is 41.5 Å². The second-order valence-electron chi connectivity index (χ2n) is 5.17. The summed E-state index contributed by atoms with van der Waals surface area (Å²) in [6, 6.07) is 10.9. The molecule has 25 heavy (non-hydrogen) atoms. The molecule has 0 radical (unpaired) electrons.